The molecule has 1 rings (SSSR count). The van der Waals surface area contributed by atoms with Gasteiger partial charge in [0.15, 0.2) is 0 Å². The number of ether oxygens (including phenoxy) is 2. The number of carboxylic acids is 1. The van der Waals surface area contributed by atoms with Crippen LogP contribution in [0.3, 0.4) is 0 Å². The Kier molecular flexibility index (Phi) is 7.43. The van der Waals surface area contributed by atoms with Crippen molar-refractivity contribution in [1.29, 1.82) is 0 Å². The van der Waals surface area contributed by atoms with Crippen LogP contribution in [-0.2, 0) is 19.1 Å². The fourth-order valence-corrected chi connectivity index (χ4v) is 2.19. The van der Waals surface area contributed by atoms with Crippen LogP contribution in [0.5, 0.6) is 0 Å². The Bertz CT molecular complexity index is 287. The summed E-state index contributed by atoms with van der Waals surface area (Å²) in [5, 5.41) is 8.63. The Hall–Kier alpha value is -1.14. The summed E-state index contributed by atoms with van der Waals surface area (Å²) >= 11 is 0. The molecule has 1 saturated heterocycles. The molecule has 0 aromatic carbocycles. The van der Waals surface area contributed by atoms with Crippen molar-refractivity contribution in [2.75, 3.05) is 40.0 Å². The van der Waals surface area contributed by atoms with Gasteiger partial charge >= 0.3 is 5.97 Å². The first-order chi connectivity index (χ1) is 9.13. The summed E-state index contributed by atoms with van der Waals surface area (Å²) in [6.07, 6.45) is 2.70. The monoisotopic (exact) mass is 273 g/mol. The Balaban J connectivity index is 2.14. The van der Waals surface area contributed by atoms with Gasteiger partial charge in [0.05, 0.1) is 13.2 Å². The van der Waals surface area contributed by atoms with Gasteiger partial charge in [-0.1, -0.05) is 0 Å². The molecule has 1 fully saturated rings. The largest absolute Gasteiger partial charge is 0.481 e. The molecule has 1 amide bonds. The molecule has 0 atom stereocenters. The average molecular weight is 273 g/mol. The van der Waals surface area contributed by atoms with E-state index >= 15 is 0 Å². The number of likely N-dealkylation sites (tertiary alicyclic amines) is 1. The zero-order valence-electron chi connectivity index (χ0n) is 11.5. The topological polar surface area (TPSA) is 76.1 Å². The average Bonchev–Trinajstić information content (AvgIpc) is 2.41. The molecule has 0 unspecified atom stereocenters. The zero-order chi connectivity index (χ0) is 14.1. The van der Waals surface area contributed by atoms with Gasteiger partial charge in [-0.25, -0.2) is 0 Å². The fourth-order valence-electron chi connectivity index (χ4n) is 2.19. The lowest BCUT2D eigenvalue weighted by atomic mass is 9.92. The van der Waals surface area contributed by atoms with Gasteiger partial charge in [0, 0.05) is 26.6 Å². The van der Waals surface area contributed by atoms with Gasteiger partial charge in [-0.15, -0.1) is 0 Å². The Morgan fingerprint density at radius 2 is 1.95 bits per heavy atom. The summed E-state index contributed by atoms with van der Waals surface area (Å²) in [5.41, 5.74) is 0. The van der Waals surface area contributed by atoms with E-state index in [-0.39, 0.29) is 18.9 Å². The molecule has 0 aromatic heterocycles. The number of carbonyl (C=O) groups is 2. The van der Waals surface area contributed by atoms with Crippen LogP contribution in [0.15, 0.2) is 0 Å². The molecular weight excluding hydrogens is 250 g/mol. The number of piperidine rings is 1. The summed E-state index contributed by atoms with van der Waals surface area (Å²) in [7, 11) is 1.59. The molecule has 6 nitrogen and oxygen atoms in total. The molecule has 6 heteroatoms. The Morgan fingerprint density at radius 1 is 1.26 bits per heavy atom. The van der Waals surface area contributed by atoms with Gasteiger partial charge in [-0.2, -0.15) is 0 Å². The third-order valence-corrected chi connectivity index (χ3v) is 3.39. The van der Waals surface area contributed by atoms with E-state index in [4.69, 9.17) is 14.6 Å². The van der Waals surface area contributed by atoms with Crippen LogP contribution in [0.25, 0.3) is 0 Å². The summed E-state index contributed by atoms with van der Waals surface area (Å²) in [6.45, 7) is 2.43. The second-order valence-electron chi connectivity index (χ2n) is 4.80. The summed E-state index contributed by atoms with van der Waals surface area (Å²) in [5.74, 6) is -0.313. The van der Waals surface area contributed by atoms with Gasteiger partial charge in [0.25, 0.3) is 0 Å². The predicted molar refractivity (Wildman–Crippen MR) is 68.9 cm³/mol. The predicted octanol–water partition coefficient (Wildman–Crippen LogP) is 0.753. The highest BCUT2D eigenvalue weighted by Crippen LogP contribution is 2.21. The smallest absolute Gasteiger partial charge is 0.303 e. The van der Waals surface area contributed by atoms with Crippen LogP contribution in [0.2, 0.25) is 0 Å². The van der Waals surface area contributed by atoms with Crippen molar-refractivity contribution >= 4 is 11.9 Å². The zero-order valence-corrected chi connectivity index (χ0v) is 11.5. The second-order valence-corrected chi connectivity index (χ2v) is 4.80. The van der Waals surface area contributed by atoms with Gasteiger partial charge < -0.3 is 19.5 Å². The first-order valence-electron chi connectivity index (χ1n) is 6.69. The Labute approximate surface area is 113 Å². The third-order valence-electron chi connectivity index (χ3n) is 3.39. The standard InChI is InChI=1S/C13H23NO5/c1-18-8-9-19-10-12(15)14-6-4-11(5-7-14)2-3-13(16)17/h11H,2-10H2,1H3,(H,16,17). The molecular formula is C13H23NO5. The first-order valence-corrected chi connectivity index (χ1v) is 6.69. The lowest BCUT2D eigenvalue weighted by Crippen LogP contribution is -2.40. The van der Waals surface area contributed by atoms with Gasteiger partial charge in [-0.05, 0) is 25.2 Å². The first kappa shape index (κ1) is 15.9. The Morgan fingerprint density at radius 3 is 2.53 bits per heavy atom. The van der Waals surface area contributed by atoms with Crippen molar-refractivity contribution in [1.82, 2.24) is 4.90 Å². The number of carbonyl (C=O) groups excluding carboxylic acids is 1. The highest BCUT2D eigenvalue weighted by atomic mass is 16.5. The van der Waals surface area contributed by atoms with Crippen molar-refractivity contribution in [3.8, 4) is 0 Å². The number of nitrogens with zero attached hydrogens (tertiary/aromatic N) is 1. The fraction of sp³-hybridized carbons (Fsp3) is 0.846. The molecule has 0 saturated carbocycles. The number of amides is 1. The minimum atomic E-state index is -0.745. The summed E-state index contributed by atoms with van der Waals surface area (Å²) < 4.78 is 10.0. The van der Waals surface area contributed by atoms with Crippen LogP contribution in [-0.4, -0.2) is 61.9 Å². The molecule has 19 heavy (non-hydrogen) atoms. The SMILES string of the molecule is COCCOCC(=O)N1CCC(CCC(=O)O)CC1. The highest BCUT2D eigenvalue weighted by Gasteiger charge is 2.22. The summed E-state index contributed by atoms with van der Waals surface area (Å²) in [4.78, 5) is 24.1. The van der Waals surface area contributed by atoms with E-state index in [0.717, 1.165) is 12.8 Å². The van der Waals surface area contributed by atoms with E-state index in [0.29, 0.717) is 38.6 Å². The van der Waals surface area contributed by atoms with Gasteiger partial charge in [0.1, 0.15) is 6.61 Å². The van der Waals surface area contributed by atoms with E-state index in [2.05, 4.69) is 0 Å². The van der Waals surface area contributed by atoms with Crippen molar-refractivity contribution in [3.05, 3.63) is 0 Å². The number of aliphatic carboxylic acids is 1. The van der Waals surface area contributed by atoms with Gasteiger partial charge in [-0.3, -0.25) is 9.59 Å². The van der Waals surface area contributed by atoms with Crippen molar-refractivity contribution in [2.24, 2.45) is 5.92 Å². The maximum absolute atomic E-state index is 11.8. The van der Waals surface area contributed by atoms with E-state index in [1.54, 1.807) is 12.0 Å². The third kappa shape index (κ3) is 6.54. The number of rotatable bonds is 8. The molecule has 1 heterocycles. The van der Waals surface area contributed by atoms with E-state index in [9.17, 15) is 9.59 Å². The van der Waals surface area contributed by atoms with Crippen LogP contribution in [0.1, 0.15) is 25.7 Å². The van der Waals surface area contributed by atoms with E-state index < -0.39 is 5.97 Å². The normalized spacial score (nSPS) is 16.6. The molecule has 0 spiro atoms. The lowest BCUT2D eigenvalue weighted by molar-refractivity contribution is -0.139. The number of hydrogen-bond donors (Lipinski definition) is 1. The molecule has 0 aromatic rings. The quantitative estimate of drug-likeness (QED) is 0.660. The summed E-state index contributed by atoms with van der Waals surface area (Å²) in [6, 6.07) is 0. The van der Waals surface area contributed by atoms with Gasteiger partial charge in [0.2, 0.25) is 5.91 Å². The maximum atomic E-state index is 11.8. The maximum Gasteiger partial charge on any atom is 0.303 e. The van der Waals surface area contributed by atoms with Crippen LogP contribution in [0.4, 0.5) is 0 Å². The van der Waals surface area contributed by atoms with Crippen molar-refractivity contribution < 1.29 is 24.2 Å². The minimum absolute atomic E-state index is 0.00721. The molecule has 1 N–H and O–H groups in total. The number of methoxy groups -OCH3 is 1. The molecule has 1 aliphatic rings. The van der Waals surface area contributed by atoms with Crippen molar-refractivity contribution in [2.45, 2.75) is 25.7 Å². The van der Waals surface area contributed by atoms with E-state index in [1.165, 1.54) is 0 Å². The van der Waals surface area contributed by atoms with Crippen molar-refractivity contribution in [3.63, 3.8) is 0 Å². The number of carboxylic acid groups (broad SMARTS) is 1. The van der Waals surface area contributed by atoms with E-state index in [1.807, 2.05) is 0 Å². The molecule has 1 aliphatic heterocycles. The van der Waals surface area contributed by atoms with Crippen LogP contribution in [0, 0.1) is 5.92 Å². The van der Waals surface area contributed by atoms with Crippen LogP contribution >= 0.6 is 0 Å². The lowest BCUT2D eigenvalue weighted by Gasteiger charge is -2.31. The molecule has 0 aliphatic carbocycles. The molecule has 0 bridgehead atoms. The van der Waals surface area contributed by atoms with Crippen LogP contribution < -0.4 is 0 Å². The molecule has 0 radical (unpaired) electrons. The minimum Gasteiger partial charge on any atom is -0.481 e. The second kappa shape index (κ2) is 8.87. The molecule has 110 valence electrons. The highest BCUT2D eigenvalue weighted by molar-refractivity contribution is 5.77. The number of hydrogen-bond acceptors (Lipinski definition) is 4.